The molecule has 3 atom stereocenters. The van der Waals surface area contributed by atoms with Gasteiger partial charge in [-0.2, -0.15) is 0 Å². The molecule has 1 aliphatic heterocycles. The van der Waals surface area contributed by atoms with E-state index in [-0.39, 0.29) is 0 Å². The molecule has 2 unspecified atom stereocenters. The fourth-order valence-corrected chi connectivity index (χ4v) is 6.20. The molecule has 0 amide bonds. The minimum atomic E-state index is -3.53. The zero-order chi connectivity index (χ0) is 22.9. The van der Waals surface area contributed by atoms with Gasteiger partial charge in [0.25, 0.3) is 0 Å². The van der Waals surface area contributed by atoms with Gasteiger partial charge in [0.2, 0.25) is 10.0 Å². The lowest BCUT2D eigenvalue weighted by molar-refractivity contribution is 0.122. The number of benzene rings is 2. The Morgan fingerprint density at radius 1 is 1.06 bits per heavy atom. The lowest BCUT2D eigenvalue weighted by Gasteiger charge is -2.29. The third kappa shape index (κ3) is 4.38. The number of sulfonamides is 1. The highest BCUT2D eigenvalue weighted by Gasteiger charge is 2.36. The highest BCUT2D eigenvalue weighted by molar-refractivity contribution is 7.89. The van der Waals surface area contributed by atoms with Crippen molar-refractivity contribution in [3.63, 3.8) is 0 Å². The number of nitrogens with zero attached hydrogens (tertiary/aromatic N) is 2. The number of anilines is 1. The number of ether oxygens (including phenoxy) is 2. The quantitative estimate of drug-likeness (QED) is 0.626. The van der Waals surface area contributed by atoms with Gasteiger partial charge in [-0.25, -0.2) is 12.7 Å². The van der Waals surface area contributed by atoms with Crippen LogP contribution in [0.25, 0.3) is 0 Å². The Bertz CT molecular complexity index is 1030. The lowest BCUT2D eigenvalue weighted by Crippen LogP contribution is -2.36. The van der Waals surface area contributed by atoms with E-state index in [1.165, 1.54) is 21.1 Å². The summed E-state index contributed by atoms with van der Waals surface area (Å²) in [6.07, 6.45) is 0.807. The fourth-order valence-electron chi connectivity index (χ4n) is 5.01. The Balaban J connectivity index is 1.47. The van der Waals surface area contributed by atoms with Crippen LogP contribution in [0.5, 0.6) is 5.75 Å². The van der Waals surface area contributed by atoms with E-state index < -0.39 is 10.0 Å². The van der Waals surface area contributed by atoms with Gasteiger partial charge in [0.15, 0.2) is 0 Å². The van der Waals surface area contributed by atoms with Crippen molar-refractivity contribution < 1.29 is 17.9 Å². The summed E-state index contributed by atoms with van der Waals surface area (Å²) in [5, 5.41) is 0. The molecule has 1 aliphatic carbocycles. The predicted octanol–water partition coefficient (Wildman–Crippen LogP) is 4.08. The van der Waals surface area contributed by atoms with Gasteiger partial charge in [-0.15, -0.1) is 0 Å². The monoisotopic (exact) mass is 458 g/mol. The summed E-state index contributed by atoms with van der Waals surface area (Å²) in [4.78, 5) is 2.69. The van der Waals surface area contributed by atoms with Gasteiger partial charge >= 0.3 is 0 Å². The molecule has 2 aliphatic rings. The molecule has 0 saturated carbocycles. The topological polar surface area (TPSA) is 59.1 Å². The minimum Gasteiger partial charge on any atom is -0.497 e. The van der Waals surface area contributed by atoms with Crippen LogP contribution < -0.4 is 9.64 Å². The first-order valence-electron chi connectivity index (χ1n) is 11.4. The number of hydrogen-bond donors (Lipinski definition) is 0. The van der Waals surface area contributed by atoms with Crippen LogP contribution in [0.1, 0.15) is 43.2 Å². The van der Waals surface area contributed by atoms with E-state index in [2.05, 4.69) is 36.9 Å². The fraction of sp³-hybridized carbons (Fsp3) is 0.520. The first-order valence-corrected chi connectivity index (χ1v) is 12.8. The van der Waals surface area contributed by atoms with Crippen molar-refractivity contribution in [1.82, 2.24) is 4.31 Å². The summed E-state index contributed by atoms with van der Waals surface area (Å²) in [7, 11) is -0.284. The number of hydrogen-bond acceptors (Lipinski definition) is 5. The van der Waals surface area contributed by atoms with Crippen LogP contribution in [0.15, 0.2) is 47.4 Å². The standard InChI is InChI=1S/C25H34N2O4S/c1-18-19(2)25-17-20(27-13-15-31-16-14-27)5-10-24(25)23(18)11-12-26(3)32(28,29)22-8-6-21(30-4)7-9-22/h5-10,17-19,23H,11-16H2,1-4H3/t18-,19?,23?/m1/s1. The van der Waals surface area contributed by atoms with E-state index in [0.29, 0.717) is 34.9 Å². The number of rotatable bonds is 7. The van der Waals surface area contributed by atoms with Crippen molar-refractivity contribution in [3.8, 4) is 5.75 Å². The summed E-state index contributed by atoms with van der Waals surface area (Å²) in [5.41, 5.74) is 4.05. The number of morpholine rings is 1. The Kier molecular flexibility index (Phi) is 6.79. The van der Waals surface area contributed by atoms with Crippen molar-refractivity contribution in [2.45, 2.75) is 37.0 Å². The minimum absolute atomic E-state index is 0.296. The van der Waals surface area contributed by atoms with Gasteiger partial charge in [-0.05, 0) is 71.7 Å². The first kappa shape index (κ1) is 23.1. The third-order valence-electron chi connectivity index (χ3n) is 7.28. The second-order valence-corrected chi connectivity index (χ2v) is 11.0. The molecule has 2 aromatic rings. The third-order valence-corrected chi connectivity index (χ3v) is 9.15. The van der Waals surface area contributed by atoms with E-state index in [1.54, 1.807) is 38.4 Å². The Hall–Kier alpha value is -2.09. The molecule has 7 heteroatoms. The van der Waals surface area contributed by atoms with Gasteiger partial charge in [-0.3, -0.25) is 0 Å². The molecule has 1 saturated heterocycles. The summed E-state index contributed by atoms with van der Waals surface area (Å²) < 4.78 is 38.1. The van der Waals surface area contributed by atoms with Crippen molar-refractivity contribution in [3.05, 3.63) is 53.6 Å². The SMILES string of the molecule is COc1ccc(S(=O)(=O)N(C)CCC2c3ccc(N4CCOCC4)cc3C(C)[C@H]2C)cc1. The average molecular weight is 459 g/mol. The second kappa shape index (κ2) is 9.41. The maximum Gasteiger partial charge on any atom is 0.242 e. The molecule has 0 aromatic heterocycles. The summed E-state index contributed by atoms with van der Waals surface area (Å²) >= 11 is 0. The van der Waals surface area contributed by atoms with Gasteiger partial charge in [0, 0.05) is 32.4 Å². The molecule has 1 fully saturated rings. The summed E-state index contributed by atoms with van der Waals surface area (Å²) in [6.45, 7) is 8.49. The first-order chi connectivity index (χ1) is 15.3. The second-order valence-electron chi connectivity index (χ2n) is 8.96. The summed E-state index contributed by atoms with van der Waals surface area (Å²) in [5.74, 6) is 1.93. The zero-order valence-electron chi connectivity index (χ0n) is 19.5. The van der Waals surface area contributed by atoms with Gasteiger partial charge in [0.1, 0.15) is 5.75 Å². The van der Waals surface area contributed by atoms with Crippen LogP contribution in [-0.4, -0.2) is 59.7 Å². The molecular weight excluding hydrogens is 424 g/mol. The lowest BCUT2D eigenvalue weighted by atomic mass is 9.87. The van der Waals surface area contributed by atoms with Crippen LogP contribution in [0.4, 0.5) is 5.69 Å². The van der Waals surface area contributed by atoms with Crippen molar-refractivity contribution in [2.24, 2.45) is 5.92 Å². The van der Waals surface area contributed by atoms with Crippen molar-refractivity contribution in [1.29, 1.82) is 0 Å². The predicted molar refractivity (Wildman–Crippen MR) is 127 cm³/mol. The molecule has 174 valence electrons. The number of methoxy groups -OCH3 is 1. The average Bonchev–Trinajstić information content (AvgIpc) is 3.07. The largest absolute Gasteiger partial charge is 0.497 e. The maximum absolute atomic E-state index is 13.0. The van der Waals surface area contributed by atoms with Crippen LogP contribution in [0, 0.1) is 5.92 Å². The molecule has 1 heterocycles. The van der Waals surface area contributed by atoms with E-state index in [0.717, 1.165) is 32.7 Å². The Morgan fingerprint density at radius 2 is 1.75 bits per heavy atom. The van der Waals surface area contributed by atoms with E-state index >= 15 is 0 Å². The zero-order valence-corrected chi connectivity index (χ0v) is 20.3. The van der Waals surface area contributed by atoms with Crippen LogP contribution >= 0.6 is 0 Å². The van der Waals surface area contributed by atoms with Gasteiger partial charge < -0.3 is 14.4 Å². The molecule has 0 N–H and O–H groups in total. The molecule has 2 aromatic carbocycles. The van der Waals surface area contributed by atoms with Crippen LogP contribution in [0.2, 0.25) is 0 Å². The molecule has 0 bridgehead atoms. The maximum atomic E-state index is 13.0. The smallest absolute Gasteiger partial charge is 0.242 e. The molecular formula is C25H34N2O4S. The normalized spacial score (nSPS) is 23.4. The van der Waals surface area contributed by atoms with Crippen molar-refractivity contribution >= 4 is 15.7 Å². The Labute approximate surface area is 192 Å². The Morgan fingerprint density at radius 3 is 2.41 bits per heavy atom. The number of fused-ring (bicyclic) bond motifs is 1. The molecule has 6 nitrogen and oxygen atoms in total. The van der Waals surface area contributed by atoms with Crippen LogP contribution in [-0.2, 0) is 14.8 Å². The van der Waals surface area contributed by atoms with Crippen LogP contribution in [0.3, 0.4) is 0 Å². The highest BCUT2D eigenvalue weighted by Crippen LogP contribution is 2.48. The molecule has 0 spiro atoms. The molecule has 4 rings (SSSR count). The van der Waals surface area contributed by atoms with Gasteiger partial charge in [-0.1, -0.05) is 19.9 Å². The summed E-state index contributed by atoms with van der Waals surface area (Å²) in [6, 6.07) is 13.4. The van der Waals surface area contributed by atoms with Crippen molar-refractivity contribution in [2.75, 3.05) is 51.9 Å². The van der Waals surface area contributed by atoms with E-state index in [1.807, 2.05) is 0 Å². The highest BCUT2D eigenvalue weighted by atomic mass is 32.2. The molecule has 0 radical (unpaired) electrons. The molecule has 32 heavy (non-hydrogen) atoms. The van der Waals surface area contributed by atoms with E-state index in [9.17, 15) is 8.42 Å². The van der Waals surface area contributed by atoms with Gasteiger partial charge in [0.05, 0.1) is 25.2 Å². The van der Waals surface area contributed by atoms with E-state index in [4.69, 9.17) is 9.47 Å².